The largest absolute Gasteiger partial charge is 0.354 e. The Balaban J connectivity index is 1.65. The molecule has 1 fully saturated rings. The molecular formula is C27H34ClN3O2. The Bertz CT molecular complexity index is 973. The van der Waals surface area contributed by atoms with E-state index in [1.54, 1.807) is 0 Å². The van der Waals surface area contributed by atoms with Crippen LogP contribution in [0, 0.1) is 0 Å². The van der Waals surface area contributed by atoms with Crippen LogP contribution >= 0.6 is 11.6 Å². The third-order valence-electron chi connectivity index (χ3n) is 6.84. The maximum Gasteiger partial charge on any atom is 0.254 e. The van der Waals surface area contributed by atoms with Crippen LogP contribution in [0.5, 0.6) is 0 Å². The molecule has 2 amide bonds. The molecule has 5 nitrogen and oxygen atoms in total. The Morgan fingerprint density at radius 1 is 1.06 bits per heavy atom. The van der Waals surface area contributed by atoms with Crippen molar-refractivity contribution < 1.29 is 9.59 Å². The molecule has 0 spiro atoms. The molecule has 2 aromatic rings. The number of nitrogens with one attached hydrogen (secondary N) is 1. The van der Waals surface area contributed by atoms with Crippen molar-refractivity contribution in [2.45, 2.75) is 51.0 Å². The van der Waals surface area contributed by atoms with Gasteiger partial charge in [0.05, 0.1) is 12.0 Å². The van der Waals surface area contributed by atoms with Gasteiger partial charge in [-0.15, -0.1) is 0 Å². The quantitative estimate of drug-likeness (QED) is 0.592. The molecule has 1 saturated heterocycles. The normalized spacial score (nSPS) is 21.0. The predicted molar refractivity (Wildman–Crippen MR) is 133 cm³/mol. The van der Waals surface area contributed by atoms with Crippen molar-refractivity contribution >= 4 is 23.4 Å². The van der Waals surface area contributed by atoms with Crippen molar-refractivity contribution in [2.24, 2.45) is 0 Å². The van der Waals surface area contributed by atoms with Gasteiger partial charge in [0, 0.05) is 30.2 Å². The van der Waals surface area contributed by atoms with Crippen LogP contribution in [0.4, 0.5) is 0 Å². The molecule has 0 radical (unpaired) electrons. The fraction of sp³-hybridized carbons (Fsp3) is 0.481. The second-order valence-electron chi connectivity index (χ2n) is 9.11. The number of nitrogens with zero attached hydrogens (tertiary/aromatic N) is 2. The van der Waals surface area contributed by atoms with Crippen molar-refractivity contribution in [3.8, 4) is 0 Å². The van der Waals surface area contributed by atoms with Crippen molar-refractivity contribution in [3.05, 3.63) is 70.2 Å². The van der Waals surface area contributed by atoms with Crippen LogP contribution in [-0.4, -0.2) is 54.3 Å². The zero-order valence-electron chi connectivity index (χ0n) is 19.4. The molecular weight excluding hydrogens is 434 g/mol. The zero-order chi connectivity index (χ0) is 23.2. The van der Waals surface area contributed by atoms with Crippen LogP contribution in [-0.2, 0) is 4.79 Å². The van der Waals surface area contributed by atoms with E-state index in [0.29, 0.717) is 23.7 Å². The third-order valence-corrected chi connectivity index (χ3v) is 7.07. The summed E-state index contributed by atoms with van der Waals surface area (Å²) >= 11 is 6.34. The number of carbonyl (C=O) groups is 2. The number of hydrogen-bond acceptors (Lipinski definition) is 3. The van der Waals surface area contributed by atoms with Gasteiger partial charge in [0.25, 0.3) is 5.91 Å². The average Bonchev–Trinajstić information content (AvgIpc) is 2.84. The highest BCUT2D eigenvalue weighted by atomic mass is 35.5. The highest BCUT2D eigenvalue weighted by Crippen LogP contribution is 2.43. The monoisotopic (exact) mass is 467 g/mol. The average molecular weight is 468 g/mol. The van der Waals surface area contributed by atoms with Gasteiger partial charge in [0.2, 0.25) is 5.91 Å². The lowest BCUT2D eigenvalue weighted by atomic mass is 9.79. The first kappa shape index (κ1) is 23.8. The molecule has 33 heavy (non-hydrogen) atoms. The van der Waals surface area contributed by atoms with E-state index in [1.807, 2.05) is 53.4 Å². The molecule has 0 bridgehead atoms. The van der Waals surface area contributed by atoms with Gasteiger partial charge in [-0.3, -0.25) is 9.59 Å². The first-order valence-corrected chi connectivity index (χ1v) is 12.6. The number of benzene rings is 2. The molecule has 2 heterocycles. The Morgan fingerprint density at radius 2 is 1.85 bits per heavy atom. The van der Waals surface area contributed by atoms with Gasteiger partial charge in [-0.2, -0.15) is 0 Å². The van der Waals surface area contributed by atoms with Crippen LogP contribution in [0.1, 0.15) is 72.5 Å². The molecule has 2 aliphatic rings. The van der Waals surface area contributed by atoms with Gasteiger partial charge in [-0.1, -0.05) is 61.7 Å². The van der Waals surface area contributed by atoms with E-state index in [2.05, 4.69) is 17.1 Å². The Hall–Kier alpha value is -2.37. The molecule has 6 heteroatoms. The van der Waals surface area contributed by atoms with E-state index in [1.165, 1.54) is 19.3 Å². The fourth-order valence-electron chi connectivity index (χ4n) is 5.14. The first-order valence-electron chi connectivity index (χ1n) is 12.3. The van der Waals surface area contributed by atoms with Gasteiger partial charge < -0.3 is 15.1 Å². The van der Waals surface area contributed by atoms with Crippen molar-refractivity contribution in [2.75, 3.05) is 32.7 Å². The van der Waals surface area contributed by atoms with Gasteiger partial charge >= 0.3 is 0 Å². The summed E-state index contributed by atoms with van der Waals surface area (Å²) in [6.07, 6.45) is 5.61. The summed E-state index contributed by atoms with van der Waals surface area (Å²) in [5, 5.41) is 3.80. The lowest BCUT2D eigenvalue weighted by molar-refractivity contribution is -0.124. The molecule has 0 unspecified atom stereocenters. The van der Waals surface area contributed by atoms with Crippen LogP contribution < -0.4 is 5.32 Å². The lowest BCUT2D eigenvalue weighted by Gasteiger charge is -2.42. The molecule has 4 rings (SSSR count). The molecule has 0 aliphatic carbocycles. The zero-order valence-corrected chi connectivity index (χ0v) is 20.2. The summed E-state index contributed by atoms with van der Waals surface area (Å²) in [4.78, 5) is 31.5. The SMILES string of the molecule is CCCCN1C(=O)c2ccccc2[C@@H](C(=O)NCCN2CCCCC2)[C@@H]1c1cccc(Cl)c1. The van der Waals surface area contributed by atoms with Gasteiger partial charge in [-0.25, -0.2) is 0 Å². The number of hydrogen-bond donors (Lipinski definition) is 1. The summed E-state index contributed by atoms with van der Waals surface area (Å²) in [6.45, 7) is 6.40. The van der Waals surface area contributed by atoms with Gasteiger partial charge in [0.1, 0.15) is 0 Å². The number of piperidine rings is 1. The minimum atomic E-state index is -0.476. The minimum Gasteiger partial charge on any atom is -0.354 e. The Kier molecular flexibility index (Phi) is 8.05. The number of halogens is 1. The summed E-state index contributed by atoms with van der Waals surface area (Å²) in [5.74, 6) is -0.518. The molecule has 2 aromatic carbocycles. The van der Waals surface area contributed by atoms with Crippen molar-refractivity contribution in [3.63, 3.8) is 0 Å². The fourth-order valence-corrected chi connectivity index (χ4v) is 5.34. The summed E-state index contributed by atoms with van der Waals surface area (Å²) < 4.78 is 0. The van der Waals surface area contributed by atoms with E-state index < -0.39 is 5.92 Å². The standard InChI is InChI=1S/C27H34ClN3O2/c1-2-3-17-31-25(20-10-9-11-21(28)19-20)24(22-12-5-6-13-23(22)27(31)33)26(32)29-14-18-30-15-7-4-8-16-30/h5-6,9-13,19,24-25H,2-4,7-8,14-18H2,1H3,(H,29,32)/t24-,25+/m1/s1. The number of fused-ring (bicyclic) bond motifs is 1. The third kappa shape index (κ3) is 5.42. The van der Waals surface area contributed by atoms with Gasteiger partial charge in [-0.05, 0) is 61.7 Å². The summed E-state index contributed by atoms with van der Waals surface area (Å²) in [5.41, 5.74) is 2.33. The summed E-state index contributed by atoms with van der Waals surface area (Å²) in [7, 11) is 0. The minimum absolute atomic E-state index is 0.0126. The molecule has 2 aliphatic heterocycles. The van der Waals surface area contributed by atoms with E-state index in [9.17, 15) is 9.59 Å². The second-order valence-corrected chi connectivity index (χ2v) is 9.55. The lowest BCUT2D eigenvalue weighted by Crippen LogP contribution is -2.48. The maximum absolute atomic E-state index is 13.7. The second kappa shape index (κ2) is 11.2. The summed E-state index contributed by atoms with van der Waals surface area (Å²) in [6, 6.07) is 14.8. The molecule has 176 valence electrons. The Morgan fingerprint density at radius 3 is 2.61 bits per heavy atom. The van der Waals surface area contributed by atoms with E-state index in [-0.39, 0.29) is 17.9 Å². The first-order chi connectivity index (χ1) is 16.1. The smallest absolute Gasteiger partial charge is 0.254 e. The number of likely N-dealkylation sites (tertiary alicyclic amines) is 1. The number of amides is 2. The van der Waals surface area contributed by atoms with E-state index in [4.69, 9.17) is 11.6 Å². The maximum atomic E-state index is 13.7. The Labute approximate surface area is 202 Å². The number of rotatable bonds is 8. The van der Waals surface area contributed by atoms with E-state index >= 15 is 0 Å². The number of carbonyl (C=O) groups excluding carboxylic acids is 2. The topological polar surface area (TPSA) is 52.7 Å². The van der Waals surface area contributed by atoms with Crippen LogP contribution in [0.15, 0.2) is 48.5 Å². The van der Waals surface area contributed by atoms with Crippen molar-refractivity contribution in [1.29, 1.82) is 0 Å². The molecule has 2 atom stereocenters. The molecule has 1 N–H and O–H groups in total. The van der Waals surface area contributed by atoms with Crippen LogP contribution in [0.3, 0.4) is 0 Å². The number of unbranched alkanes of at least 4 members (excludes halogenated alkanes) is 1. The predicted octanol–water partition coefficient (Wildman–Crippen LogP) is 5.02. The molecule has 0 aromatic heterocycles. The molecule has 0 saturated carbocycles. The van der Waals surface area contributed by atoms with Crippen LogP contribution in [0.2, 0.25) is 5.02 Å². The van der Waals surface area contributed by atoms with Crippen LogP contribution in [0.25, 0.3) is 0 Å². The van der Waals surface area contributed by atoms with Gasteiger partial charge in [0.15, 0.2) is 0 Å². The van der Waals surface area contributed by atoms with Crippen molar-refractivity contribution in [1.82, 2.24) is 15.1 Å². The van der Waals surface area contributed by atoms with E-state index in [0.717, 1.165) is 43.6 Å². The highest BCUT2D eigenvalue weighted by Gasteiger charge is 2.43. The highest BCUT2D eigenvalue weighted by molar-refractivity contribution is 6.30.